The Bertz CT molecular complexity index is 385. The molecule has 0 saturated carbocycles. The lowest BCUT2D eigenvalue weighted by Gasteiger charge is -2.19. The minimum atomic E-state index is -0.505. The molecular weight excluding hydrogens is 206 g/mol. The van der Waals surface area contributed by atoms with Gasteiger partial charge in [0.05, 0.1) is 5.69 Å². The Morgan fingerprint density at radius 1 is 1.38 bits per heavy atom. The van der Waals surface area contributed by atoms with Crippen molar-refractivity contribution in [1.29, 1.82) is 0 Å². The van der Waals surface area contributed by atoms with Crippen LogP contribution in [-0.4, -0.2) is 16.7 Å². The summed E-state index contributed by atoms with van der Waals surface area (Å²) in [5, 5.41) is 3.81. The zero-order valence-electron chi connectivity index (χ0n) is 10.7. The summed E-state index contributed by atoms with van der Waals surface area (Å²) in [5.74, 6) is 0.338. The van der Waals surface area contributed by atoms with Gasteiger partial charge in [-0.2, -0.15) is 0 Å². The number of hydrogen-bond donors (Lipinski definition) is 0. The number of ether oxygens (including phenoxy) is 1. The standard InChI is InChI=1S/C12H19NO3/c1-7(2)10-9(8(3)13-16-10)11(14)15-12(4,5)6/h7H,1-6H3. The third-order valence-electron chi connectivity index (χ3n) is 2.02. The molecule has 0 atom stereocenters. The molecule has 0 spiro atoms. The van der Waals surface area contributed by atoms with Crippen LogP contribution < -0.4 is 0 Å². The fourth-order valence-electron chi connectivity index (χ4n) is 1.36. The lowest BCUT2D eigenvalue weighted by atomic mass is 10.1. The normalized spacial score (nSPS) is 11.9. The molecule has 4 nitrogen and oxygen atoms in total. The maximum Gasteiger partial charge on any atom is 0.344 e. The quantitative estimate of drug-likeness (QED) is 0.726. The van der Waals surface area contributed by atoms with E-state index in [0.717, 1.165) is 0 Å². The predicted octanol–water partition coefficient (Wildman–Crippen LogP) is 3.06. The van der Waals surface area contributed by atoms with Gasteiger partial charge in [-0.3, -0.25) is 0 Å². The number of carbonyl (C=O) groups is 1. The van der Waals surface area contributed by atoms with Crippen LogP contribution in [0.15, 0.2) is 4.52 Å². The molecule has 0 aliphatic carbocycles. The zero-order valence-corrected chi connectivity index (χ0v) is 10.7. The van der Waals surface area contributed by atoms with Gasteiger partial charge in [0.15, 0.2) is 5.76 Å². The van der Waals surface area contributed by atoms with Crippen molar-refractivity contribution in [3.05, 3.63) is 17.0 Å². The lowest BCUT2D eigenvalue weighted by Crippen LogP contribution is -2.24. The smallest absolute Gasteiger partial charge is 0.344 e. The summed E-state index contributed by atoms with van der Waals surface area (Å²) in [4.78, 5) is 11.9. The van der Waals surface area contributed by atoms with Gasteiger partial charge < -0.3 is 9.26 Å². The molecule has 0 aliphatic rings. The van der Waals surface area contributed by atoms with E-state index < -0.39 is 5.60 Å². The number of aryl methyl sites for hydroxylation is 1. The monoisotopic (exact) mass is 225 g/mol. The molecule has 0 aliphatic heterocycles. The van der Waals surface area contributed by atoms with Crippen molar-refractivity contribution in [3.63, 3.8) is 0 Å². The third kappa shape index (κ3) is 2.84. The number of hydrogen-bond acceptors (Lipinski definition) is 4. The third-order valence-corrected chi connectivity index (χ3v) is 2.02. The van der Waals surface area contributed by atoms with Crippen LogP contribution in [0.5, 0.6) is 0 Å². The minimum Gasteiger partial charge on any atom is -0.456 e. The van der Waals surface area contributed by atoms with E-state index in [-0.39, 0.29) is 11.9 Å². The van der Waals surface area contributed by atoms with Gasteiger partial charge >= 0.3 is 5.97 Å². The number of esters is 1. The van der Waals surface area contributed by atoms with Crippen molar-refractivity contribution >= 4 is 5.97 Å². The van der Waals surface area contributed by atoms with Crippen molar-refractivity contribution in [2.45, 2.75) is 53.1 Å². The van der Waals surface area contributed by atoms with Gasteiger partial charge in [0.25, 0.3) is 0 Å². The van der Waals surface area contributed by atoms with Crippen molar-refractivity contribution in [1.82, 2.24) is 5.16 Å². The SMILES string of the molecule is Cc1noc(C(C)C)c1C(=O)OC(C)(C)C. The zero-order chi connectivity index (χ0) is 12.5. The van der Waals surface area contributed by atoms with Crippen molar-refractivity contribution < 1.29 is 14.1 Å². The van der Waals surface area contributed by atoms with Crippen molar-refractivity contribution in [2.75, 3.05) is 0 Å². The molecule has 0 unspecified atom stereocenters. The van der Waals surface area contributed by atoms with Crippen LogP contribution in [0, 0.1) is 6.92 Å². The lowest BCUT2D eigenvalue weighted by molar-refractivity contribution is 0.00660. The van der Waals surface area contributed by atoms with E-state index in [4.69, 9.17) is 9.26 Å². The van der Waals surface area contributed by atoms with Gasteiger partial charge in [-0.15, -0.1) is 0 Å². The van der Waals surface area contributed by atoms with E-state index >= 15 is 0 Å². The molecule has 0 aromatic carbocycles. The summed E-state index contributed by atoms with van der Waals surface area (Å²) in [6, 6.07) is 0. The van der Waals surface area contributed by atoms with Crippen LogP contribution in [0.2, 0.25) is 0 Å². The maximum atomic E-state index is 11.9. The van der Waals surface area contributed by atoms with Gasteiger partial charge in [0.1, 0.15) is 11.2 Å². The fraction of sp³-hybridized carbons (Fsp3) is 0.667. The first-order valence-electron chi connectivity index (χ1n) is 5.42. The molecule has 90 valence electrons. The highest BCUT2D eigenvalue weighted by Crippen LogP contribution is 2.24. The van der Waals surface area contributed by atoms with E-state index in [0.29, 0.717) is 17.0 Å². The average molecular weight is 225 g/mol. The number of nitrogens with zero attached hydrogens (tertiary/aromatic N) is 1. The molecule has 1 aromatic heterocycles. The molecule has 0 fully saturated rings. The average Bonchev–Trinajstić information content (AvgIpc) is 2.43. The highest BCUT2D eigenvalue weighted by atomic mass is 16.6. The summed E-state index contributed by atoms with van der Waals surface area (Å²) < 4.78 is 10.5. The summed E-state index contributed by atoms with van der Waals surface area (Å²) in [7, 11) is 0. The second kappa shape index (κ2) is 4.28. The topological polar surface area (TPSA) is 52.3 Å². The van der Waals surface area contributed by atoms with Crippen molar-refractivity contribution in [2.24, 2.45) is 0 Å². The van der Waals surface area contributed by atoms with E-state index in [1.54, 1.807) is 6.92 Å². The first-order valence-corrected chi connectivity index (χ1v) is 5.42. The fourth-order valence-corrected chi connectivity index (χ4v) is 1.36. The first kappa shape index (κ1) is 12.7. The second-order valence-corrected chi connectivity index (χ2v) is 5.16. The van der Waals surface area contributed by atoms with Crippen LogP contribution in [0.3, 0.4) is 0 Å². The number of rotatable bonds is 2. The van der Waals surface area contributed by atoms with Gasteiger partial charge in [-0.25, -0.2) is 4.79 Å². The Kier molecular flexibility index (Phi) is 3.41. The van der Waals surface area contributed by atoms with Gasteiger partial charge in [-0.1, -0.05) is 19.0 Å². The molecule has 0 radical (unpaired) electrons. The molecule has 0 amide bonds. The van der Waals surface area contributed by atoms with Crippen LogP contribution >= 0.6 is 0 Å². The Labute approximate surface area is 96.0 Å². The molecular formula is C12H19NO3. The largest absolute Gasteiger partial charge is 0.456 e. The summed E-state index contributed by atoms with van der Waals surface area (Å²) in [6.07, 6.45) is 0. The van der Waals surface area contributed by atoms with E-state index in [1.807, 2.05) is 34.6 Å². The van der Waals surface area contributed by atoms with E-state index in [1.165, 1.54) is 0 Å². The number of carbonyl (C=O) groups excluding carboxylic acids is 1. The molecule has 0 N–H and O–H groups in total. The second-order valence-electron chi connectivity index (χ2n) is 5.16. The first-order chi connectivity index (χ1) is 7.22. The molecule has 4 heteroatoms. The highest BCUT2D eigenvalue weighted by molar-refractivity contribution is 5.92. The predicted molar refractivity (Wildman–Crippen MR) is 60.5 cm³/mol. The minimum absolute atomic E-state index is 0.115. The highest BCUT2D eigenvalue weighted by Gasteiger charge is 2.27. The van der Waals surface area contributed by atoms with Gasteiger partial charge in [0, 0.05) is 5.92 Å². The van der Waals surface area contributed by atoms with Crippen LogP contribution in [0.4, 0.5) is 0 Å². The Morgan fingerprint density at radius 2 is 1.94 bits per heavy atom. The molecule has 1 aromatic rings. The maximum absolute atomic E-state index is 11.9. The Hall–Kier alpha value is -1.32. The molecule has 0 bridgehead atoms. The molecule has 1 heterocycles. The van der Waals surface area contributed by atoms with Crippen molar-refractivity contribution in [3.8, 4) is 0 Å². The van der Waals surface area contributed by atoms with E-state index in [2.05, 4.69) is 5.16 Å². The summed E-state index contributed by atoms with van der Waals surface area (Å²) in [6.45, 7) is 11.2. The van der Waals surface area contributed by atoms with Gasteiger partial charge in [-0.05, 0) is 27.7 Å². The van der Waals surface area contributed by atoms with Gasteiger partial charge in [0.2, 0.25) is 0 Å². The van der Waals surface area contributed by atoms with Crippen LogP contribution in [0.25, 0.3) is 0 Å². The number of aromatic nitrogens is 1. The Morgan fingerprint density at radius 3 is 2.38 bits per heavy atom. The summed E-state index contributed by atoms with van der Waals surface area (Å²) in [5.41, 5.74) is 0.539. The summed E-state index contributed by atoms with van der Waals surface area (Å²) >= 11 is 0. The Balaban J connectivity index is 3.03. The van der Waals surface area contributed by atoms with Crippen LogP contribution in [0.1, 0.15) is 62.3 Å². The molecule has 16 heavy (non-hydrogen) atoms. The molecule has 1 rings (SSSR count). The molecule has 0 saturated heterocycles. The van der Waals surface area contributed by atoms with Crippen LogP contribution in [-0.2, 0) is 4.74 Å². The van der Waals surface area contributed by atoms with E-state index in [9.17, 15) is 4.79 Å².